The van der Waals surface area contributed by atoms with E-state index in [1.807, 2.05) is 13.8 Å². The van der Waals surface area contributed by atoms with Crippen molar-refractivity contribution in [3.63, 3.8) is 0 Å². The van der Waals surface area contributed by atoms with Crippen molar-refractivity contribution in [3.8, 4) is 5.75 Å². The van der Waals surface area contributed by atoms with E-state index in [1.165, 1.54) is 17.0 Å². The molecule has 0 saturated carbocycles. The molecule has 24 heteroatoms. The Morgan fingerprint density at radius 2 is 1.41 bits per heavy atom. The molecule has 12 amide bonds. The van der Waals surface area contributed by atoms with Gasteiger partial charge in [0.15, 0.2) is 0 Å². The summed E-state index contributed by atoms with van der Waals surface area (Å²) in [6.45, 7) is 6.69. The predicted molar refractivity (Wildman–Crippen MR) is 244 cm³/mol. The number of phenolic OH excluding ortho intramolecular Hbond substituents is 1. The molecule has 0 radical (unpaired) electrons. The number of phenols is 1. The number of hydrogen-bond donors (Lipinski definition) is 12. The molecule has 2 saturated heterocycles. The molecule has 3 rings (SSSR count). The van der Waals surface area contributed by atoms with Gasteiger partial charge in [0.2, 0.25) is 59.1 Å². The van der Waals surface area contributed by atoms with Crippen LogP contribution in [0.3, 0.4) is 0 Å². The van der Waals surface area contributed by atoms with Gasteiger partial charge in [-0.2, -0.15) is 0 Å². The molecular formula is C44H68N12O12. The molecule has 2 aliphatic heterocycles. The molecular weight excluding hydrogens is 889 g/mol. The first-order chi connectivity index (χ1) is 32.1. The van der Waals surface area contributed by atoms with Crippen molar-refractivity contribution in [1.29, 1.82) is 0 Å². The summed E-state index contributed by atoms with van der Waals surface area (Å²) in [6.07, 6.45) is -0.219. The van der Waals surface area contributed by atoms with Crippen molar-refractivity contribution in [2.24, 2.45) is 29.0 Å². The summed E-state index contributed by atoms with van der Waals surface area (Å²) in [6, 6.07) is -4.26. The van der Waals surface area contributed by atoms with Crippen molar-refractivity contribution < 1.29 is 57.8 Å². The van der Waals surface area contributed by atoms with Gasteiger partial charge in [0, 0.05) is 25.9 Å². The van der Waals surface area contributed by atoms with E-state index < -0.39 is 133 Å². The number of likely N-dealkylation sites (tertiary alicyclic amines) is 1. The van der Waals surface area contributed by atoms with E-state index in [-0.39, 0.29) is 69.7 Å². The average molecular weight is 957 g/mol. The van der Waals surface area contributed by atoms with Gasteiger partial charge in [0.1, 0.15) is 48.0 Å². The molecule has 0 aliphatic carbocycles. The van der Waals surface area contributed by atoms with Gasteiger partial charge in [-0.3, -0.25) is 47.9 Å². The van der Waals surface area contributed by atoms with Crippen molar-refractivity contribution in [2.75, 3.05) is 19.6 Å². The normalized spacial score (nSPS) is 23.2. The van der Waals surface area contributed by atoms with Gasteiger partial charge in [-0.1, -0.05) is 46.2 Å². The quantitative estimate of drug-likeness (QED) is 0.0746. The molecule has 0 unspecified atom stereocenters. The number of nitrogens with two attached hydrogens (primary N) is 3. The Morgan fingerprint density at radius 3 is 2.03 bits per heavy atom. The number of carbonyl (C=O) groups is 11. The molecule has 0 bridgehead atoms. The fourth-order valence-corrected chi connectivity index (χ4v) is 7.72. The monoisotopic (exact) mass is 957 g/mol. The predicted octanol–water partition coefficient (Wildman–Crippen LogP) is -2.96. The van der Waals surface area contributed by atoms with Crippen LogP contribution in [0.25, 0.3) is 0 Å². The maximum Gasteiger partial charge on any atom is 0.315 e. The third-order valence-corrected chi connectivity index (χ3v) is 11.6. The van der Waals surface area contributed by atoms with Crippen LogP contribution in [0.1, 0.15) is 97.5 Å². The number of aromatic hydroxyl groups is 1. The summed E-state index contributed by atoms with van der Waals surface area (Å²) in [5.74, 6) is -9.06. The summed E-state index contributed by atoms with van der Waals surface area (Å²) in [5, 5.41) is 30.4. The Kier molecular flexibility index (Phi) is 21.9. The third-order valence-electron chi connectivity index (χ3n) is 11.6. The minimum absolute atomic E-state index is 0.0169. The topological polar surface area (TPSA) is 386 Å². The summed E-state index contributed by atoms with van der Waals surface area (Å²) in [7, 11) is 0. The standard InChI is InChI=1S/C44H68N12O12/c1-5-24(4)36-42(66)50-27(15-16-33(45)58)38(62)52-31(21-34(46)59)39(63)51-28(9-6-7-17-48-44(68)54-30(40(64)55-36)20-25-11-13-26(57)14-12-25)43(67)56-18-8-10-32(56)41(65)53-29(19-23(2)3)37(61)49-22-35(47)60/h11-14,23-24,27-32,36,57H,5-10,15-22H2,1-4H3,(H2,45,58)(H2,46,59)(H2,47,60)(H,49,61)(H,50,66)(H,51,63)(H,52,62)(H,53,65)(H,55,64)(H2,48,54,68)/t24-,27-,28-,29-,30-,31-,32-,36-/m0/s1. The maximum absolute atomic E-state index is 14.5. The molecule has 0 aromatic heterocycles. The molecule has 1 aromatic carbocycles. The van der Waals surface area contributed by atoms with Crippen molar-refractivity contribution in [2.45, 2.75) is 141 Å². The van der Waals surface area contributed by atoms with Crippen molar-refractivity contribution in [3.05, 3.63) is 29.8 Å². The number of benzene rings is 1. The largest absolute Gasteiger partial charge is 0.508 e. The Morgan fingerprint density at radius 1 is 0.765 bits per heavy atom. The number of rotatable bonds is 17. The molecule has 2 heterocycles. The lowest BCUT2D eigenvalue weighted by Crippen LogP contribution is -2.61. The van der Waals surface area contributed by atoms with E-state index in [9.17, 15) is 57.8 Å². The van der Waals surface area contributed by atoms with Crippen LogP contribution < -0.4 is 59.7 Å². The Bertz CT molecular complexity index is 2000. The molecule has 68 heavy (non-hydrogen) atoms. The number of hydrogen-bond acceptors (Lipinski definition) is 12. The van der Waals surface area contributed by atoms with Crippen molar-refractivity contribution in [1.82, 2.24) is 47.4 Å². The molecule has 15 N–H and O–H groups in total. The third kappa shape index (κ3) is 18.0. The summed E-state index contributed by atoms with van der Waals surface area (Å²) >= 11 is 0. The zero-order valence-corrected chi connectivity index (χ0v) is 39.0. The molecule has 8 atom stereocenters. The van der Waals surface area contributed by atoms with Crippen LogP contribution in [0, 0.1) is 11.8 Å². The average Bonchev–Trinajstić information content (AvgIpc) is 3.77. The number of nitrogens with zero attached hydrogens (tertiary/aromatic N) is 1. The number of primary amides is 3. The summed E-state index contributed by atoms with van der Waals surface area (Å²) in [4.78, 5) is 147. The van der Waals surface area contributed by atoms with Gasteiger partial charge in [0.05, 0.1) is 13.0 Å². The first kappa shape index (κ1) is 55.3. The highest BCUT2D eigenvalue weighted by atomic mass is 16.3. The van der Waals surface area contributed by atoms with Gasteiger partial charge in [-0.05, 0) is 74.5 Å². The molecule has 1 aromatic rings. The lowest BCUT2D eigenvalue weighted by Gasteiger charge is -2.31. The first-order valence-corrected chi connectivity index (χ1v) is 22.9. The van der Waals surface area contributed by atoms with E-state index in [1.54, 1.807) is 26.0 Å². The molecule has 2 aliphatic rings. The van der Waals surface area contributed by atoms with E-state index >= 15 is 0 Å². The molecule has 0 spiro atoms. The molecule has 24 nitrogen and oxygen atoms in total. The summed E-state index contributed by atoms with van der Waals surface area (Å²) < 4.78 is 0. The van der Waals surface area contributed by atoms with Crippen LogP contribution in [0.5, 0.6) is 5.75 Å². The van der Waals surface area contributed by atoms with Crippen LogP contribution in [0.2, 0.25) is 0 Å². The molecule has 376 valence electrons. The van der Waals surface area contributed by atoms with E-state index in [0.717, 1.165) is 0 Å². The highest BCUT2D eigenvalue weighted by Crippen LogP contribution is 2.21. The fourth-order valence-electron chi connectivity index (χ4n) is 7.72. The number of urea groups is 1. The first-order valence-electron chi connectivity index (χ1n) is 22.9. The minimum Gasteiger partial charge on any atom is -0.508 e. The number of amides is 12. The second kappa shape index (κ2) is 27.0. The zero-order chi connectivity index (χ0) is 50.7. The van der Waals surface area contributed by atoms with Crippen LogP contribution in [0.4, 0.5) is 4.79 Å². The fraction of sp³-hybridized carbons (Fsp3) is 0.614. The SMILES string of the molecule is CC[C@H](C)[C@@H]1NC(=O)[C@H](Cc2ccc(O)cc2)NC(=O)NCCCC[C@@H](C(=O)N2CCC[C@H]2C(=O)N[C@@H](CC(C)C)C(=O)NCC(N)=O)NC(=O)[C@H](CC(N)=O)NC(=O)[C@H](CCC(N)=O)NC1=O. The van der Waals surface area contributed by atoms with Gasteiger partial charge in [-0.15, -0.1) is 0 Å². The highest BCUT2D eigenvalue weighted by molar-refractivity contribution is 5.99. The number of carbonyl (C=O) groups excluding carboxylic acids is 11. The smallest absolute Gasteiger partial charge is 0.315 e. The van der Waals surface area contributed by atoms with Gasteiger partial charge >= 0.3 is 6.03 Å². The van der Waals surface area contributed by atoms with Gasteiger partial charge in [-0.25, -0.2) is 4.79 Å². The summed E-state index contributed by atoms with van der Waals surface area (Å²) in [5.41, 5.74) is 16.6. The molecule has 2 fully saturated rings. The minimum atomic E-state index is -1.72. The van der Waals surface area contributed by atoms with Crippen LogP contribution >= 0.6 is 0 Å². The zero-order valence-electron chi connectivity index (χ0n) is 39.0. The lowest BCUT2D eigenvalue weighted by molar-refractivity contribution is -0.143. The Balaban J connectivity index is 2.02. The van der Waals surface area contributed by atoms with Crippen molar-refractivity contribution >= 4 is 65.1 Å². The second-order valence-corrected chi connectivity index (χ2v) is 17.6. The van der Waals surface area contributed by atoms with E-state index in [2.05, 4.69) is 42.5 Å². The Labute approximate surface area is 394 Å². The maximum atomic E-state index is 14.5. The van der Waals surface area contributed by atoms with Crippen LogP contribution in [-0.2, 0) is 54.4 Å². The lowest BCUT2D eigenvalue weighted by atomic mass is 9.96. The second-order valence-electron chi connectivity index (χ2n) is 17.6. The van der Waals surface area contributed by atoms with Crippen LogP contribution in [0.15, 0.2) is 24.3 Å². The van der Waals surface area contributed by atoms with E-state index in [0.29, 0.717) is 18.4 Å². The van der Waals surface area contributed by atoms with Gasteiger partial charge < -0.3 is 69.7 Å². The van der Waals surface area contributed by atoms with E-state index in [4.69, 9.17) is 17.2 Å². The number of nitrogens with one attached hydrogen (secondary N) is 8. The Hall–Kier alpha value is -7.01. The highest BCUT2D eigenvalue weighted by Gasteiger charge is 2.40. The van der Waals surface area contributed by atoms with Gasteiger partial charge in [0.25, 0.3) is 0 Å². The van der Waals surface area contributed by atoms with Crippen LogP contribution in [-0.4, -0.2) is 137 Å².